The topological polar surface area (TPSA) is 140 Å². The van der Waals surface area contributed by atoms with Crippen molar-refractivity contribution in [3.63, 3.8) is 0 Å². The molecule has 0 saturated carbocycles. The maximum Gasteiger partial charge on any atom is 0.177 e. The van der Waals surface area contributed by atoms with Crippen LogP contribution in [0.3, 0.4) is 0 Å². The number of hydrogen-bond acceptors (Lipinski definition) is 9. The molecule has 1 spiro atoms. The van der Waals surface area contributed by atoms with Gasteiger partial charge in [0, 0.05) is 28.3 Å². The van der Waals surface area contributed by atoms with E-state index in [1.807, 2.05) is 16.5 Å². The van der Waals surface area contributed by atoms with Crippen LogP contribution >= 0.6 is 23.4 Å². The zero-order chi connectivity index (χ0) is 23.5. The molecular weight excluding hydrogens is 472 g/mol. The Bertz CT molecular complexity index is 1420. The molecule has 0 bridgehead atoms. The van der Waals surface area contributed by atoms with E-state index in [1.165, 1.54) is 11.8 Å². The number of aromatic hydroxyl groups is 1. The predicted octanol–water partition coefficient (Wildman–Crippen LogP) is 2.74. The van der Waals surface area contributed by atoms with Gasteiger partial charge in [-0.05, 0) is 50.0 Å². The van der Waals surface area contributed by atoms with Crippen LogP contribution in [-0.2, 0) is 12.0 Å². The number of phenols is 1. The molecule has 1 fully saturated rings. The lowest BCUT2D eigenvalue weighted by Gasteiger charge is -2.46. The van der Waals surface area contributed by atoms with E-state index in [2.05, 4.69) is 20.5 Å². The van der Waals surface area contributed by atoms with Gasteiger partial charge in [-0.1, -0.05) is 35.5 Å². The number of nitrogens with one attached hydrogen (secondary N) is 1. The number of piperidine rings is 1. The fourth-order valence-corrected chi connectivity index (χ4v) is 6.65. The molecule has 9 nitrogen and oxygen atoms in total. The molecule has 2 aliphatic rings. The highest BCUT2D eigenvalue weighted by Gasteiger charge is 2.59. The molecule has 0 amide bonds. The molecule has 4 aromatic rings. The molecule has 174 valence electrons. The van der Waals surface area contributed by atoms with Gasteiger partial charge in [0.1, 0.15) is 29.3 Å². The Labute approximate surface area is 205 Å². The standard InChI is InChI=1S/C23H23ClN8OS/c24-18-16(4-7-28-19(18)25)34-17-11-29-21(32-12-30-31-20(17)32)23(26)14-2-1-3-15(33)13(14)10-22(23)5-8-27-9-6-22/h1-4,7,11-12,27,33H,5-6,8-10,26H2,(H2,25,28)/t23-/m0/s1. The number of anilines is 1. The smallest absolute Gasteiger partial charge is 0.177 e. The summed E-state index contributed by atoms with van der Waals surface area (Å²) in [6.07, 6.45) is 7.46. The Morgan fingerprint density at radius 3 is 2.79 bits per heavy atom. The third kappa shape index (κ3) is 2.96. The summed E-state index contributed by atoms with van der Waals surface area (Å²) in [5.41, 5.74) is 14.5. The number of fused-ring (bicyclic) bond motifs is 2. The lowest BCUT2D eigenvalue weighted by molar-refractivity contribution is 0.113. The van der Waals surface area contributed by atoms with Gasteiger partial charge in [-0.3, -0.25) is 4.40 Å². The Balaban J connectivity index is 1.54. The number of aromatic nitrogens is 5. The molecule has 1 saturated heterocycles. The van der Waals surface area contributed by atoms with Gasteiger partial charge in [-0.2, -0.15) is 0 Å². The van der Waals surface area contributed by atoms with Crippen molar-refractivity contribution < 1.29 is 5.11 Å². The van der Waals surface area contributed by atoms with E-state index in [-0.39, 0.29) is 17.0 Å². The van der Waals surface area contributed by atoms with Gasteiger partial charge in [0.05, 0.1) is 9.92 Å². The highest BCUT2D eigenvalue weighted by molar-refractivity contribution is 7.99. The number of pyridine rings is 1. The van der Waals surface area contributed by atoms with Crippen LogP contribution in [0.5, 0.6) is 5.75 Å². The SMILES string of the molecule is Nc1nccc(Sc2cnc([C@@]3(N)c4cccc(O)c4CC34CCNCC4)n3cnnc23)c1Cl. The average molecular weight is 495 g/mol. The first kappa shape index (κ1) is 21.6. The molecule has 0 radical (unpaired) electrons. The maximum absolute atomic E-state index is 10.7. The minimum absolute atomic E-state index is 0.268. The number of nitrogens with zero attached hydrogens (tertiary/aromatic N) is 5. The largest absolute Gasteiger partial charge is 0.508 e. The second-order valence-corrected chi connectivity index (χ2v) is 10.4. The molecule has 6 N–H and O–H groups in total. The third-order valence-corrected chi connectivity index (χ3v) is 8.82. The Hall–Kier alpha value is -2.92. The van der Waals surface area contributed by atoms with Gasteiger partial charge in [0.2, 0.25) is 0 Å². The predicted molar refractivity (Wildman–Crippen MR) is 130 cm³/mol. The van der Waals surface area contributed by atoms with Crippen LogP contribution in [-0.4, -0.2) is 42.8 Å². The van der Waals surface area contributed by atoms with E-state index in [0.29, 0.717) is 22.9 Å². The highest BCUT2D eigenvalue weighted by atomic mass is 35.5. The molecule has 3 aromatic heterocycles. The summed E-state index contributed by atoms with van der Waals surface area (Å²) in [6, 6.07) is 7.38. The first-order valence-corrected chi connectivity index (χ1v) is 12.2. The summed E-state index contributed by atoms with van der Waals surface area (Å²) in [7, 11) is 0. The van der Waals surface area contributed by atoms with Crippen LogP contribution in [0.15, 0.2) is 52.8 Å². The zero-order valence-electron chi connectivity index (χ0n) is 18.2. The number of nitrogens with two attached hydrogens (primary N) is 2. The molecule has 4 heterocycles. The average Bonchev–Trinajstić information content (AvgIpc) is 3.42. The first-order valence-electron chi connectivity index (χ1n) is 11.0. The molecule has 1 aromatic carbocycles. The number of rotatable bonds is 3. The van der Waals surface area contributed by atoms with E-state index >= 15 is 0 Å². The third-order valence-electron chi connectivity index (χ3n) is 7.24. The van der Waals surface area contributed by atoms with Gasteiger partial charge in [-0.25, -0.2) is 9.97 Å². The normalized spacial score (nSPS) is 21.2. The van der Waals surface area contributed by atoms with Crippen molar-refractivity contribution in [2.45, 2.75) is 34.6 Å². The van der Waals surface area contributed by atoms with E-state index in [9.17, 15) is 5.11 Å². The zero-order valence-corrected chi connectivity index (χ0v) is 19.8. The molecule has 1 atom stereocenters. The highest BCUT2D eigenvalue weighted by Crippen LogP contribution is 2.58. The van der Waals surface area contributed by atoms with Gasteiger partial charge >= 0.3 is 0 Å². The first-order chi connectivity index (χ1) is 16.4. The molecule has 1 aliphatic carbocycles. The summed E-state index contributed by atoms with van der Waals surface area (Å²) >= 11 is 7.77. The van der Waals surface area contributed by atoms with Crippen LogP contribution in [0.1, 0.15) is 29.8 Å². The molecular formula is C23H23ClN8OS. The fraction of sp³-hybridized carbons (Fsp3) is 0.304. The van der Waals surface area contributed by atoms with E-state index in [0.717, 1.165) is 46.8 Å². The maximum atomic E-state index is 10.7. The lowest BCUT2D eigenvalue weighted by Crippen LogP contribution is -2.56. The molecule has 1 aliphatic heterocycles. The van der Waals surface area contributed by atoms with Crippen molar-refractivity contribution in [3.8, 4) is 5.75 Å². The van der Waals surface area contributed by atoms with Gasteiger partial charge < -0.3 is 21.9 Å². The monoisotopic (exact) mass is 494 g/mol. The summed E-state index contributed by atoms with van der Waals surface area (Å²) < 4.78 is 1.86. The minimum Gasteiger partial charge on any atom is -0.508 e. The second kappa shape index (κ2) is 7.81. The molecule has 34 heavy (non-hydrogen) atoms. The van der Waals surface area contributed by atoms with Crippen LogP contribution < -0.4 is 16.8 Å². The van der Waals surface area contributed by atoms with Crippen LogP contribution in [0, 0.1) is 5.41 Å². The van der Waals surface area contributed by atoms with Crippen molar-refractivity contribution >= 4 is 34.8 Å². The number of nitrogen functional groups attached to an aromatic ring is 1. The van der Waals surface area contributed by atoms with Gasteiger partial charge in [0.15, 0.2) is 5.65 Å². The van der Waals surface area contributed by atoms with Crippen molar-refractivity contribution in [1.29, 1.82) is 0 Å². The summed E-state index contributed by atoms with van der Waals surface area (Å²) in [5, 5.41) is 23.1. The van der Waals surface area contributed by atoms with Crippen molar-refractivity contribution in [2.75, 3.05) is 18.8 Å². The number of benzene rings is 1. The Morgan fingerprint density at radius 2 is 1.97 bits per heavy atom. The number of hydrogen-bond donors (Lipinski definition) is 4. The summed E-state index contributed by atoms with van der Waals surface area (Å²) in [5.74, 6) is 1.20. The fourth-order valence-electron chi connectivity index (χ4n) is 5.53. The molecule has 11 heteroatoms. The van der Waals surface area contributed by atoms with E-state index in [1.54, 1.807) is 30.9 Å². The second-order valence-electron chi connectivity index (χ2n) is 8.90. The van der Waals surface area contributed by atoms with Crippen LogP contribution in [0.25, 0.3) is 5.65 Å². The lowest BCUT2D eigenvalue weighted by atomic mass is 9.64. The van der Waals surface area contributed by atoms with Crippen molar-refractivity contribution in [1.82, 2.24) is 29.9 Å². The van der Waals surface area contributed by atoms with E-state index in [4.69, 9.17) is 28.1 Å². The van der Waals surface area contributed by atoms with Crippen molar-refractivity contribution in [2.24, 2.45) is 11.1 Å². The Kier molecular flexibility index (Phi) is 4.96. The summed E-state index contributed by atoms with van der Waals surface area (Å²) in [6.45, 7) is 1.71. The Morgan fingerprint density at radius 1 is 1.15 bits per heavy atom. The molecule has 0 unspecified atom stereocenters. The number of halogens is 1. The van der Waals surface area contributed by atoms with Crippen LogP contribution in [0.2, 0.25) is 5.02 Å². The quantitative estimate of drug-likeness (QED) is 0.338. The number of phenolic OH excluding ortho intramolecular Hbond substituents is 1. The molecule has 6 rings (SSSR count). The van der Waals surface area contributed by atoms with Gasteiger partial charge in [-0.15, -0.1) is 10.2 Å². The van der Waals surface area contributed by atoms with Crippen LogP contribution in [0.4, 0.5) is 5.82 Å². The van der Waals surface area contributed by atoms with Gasteiger partial charge in [0.25, 0.3) is 0 Å². The summed E-state index contributed by atoms with van der Waals surface area (Å²) in [4.78, 5) is 10.5. The van der Waals surface area contributed by atoms with E-state index < -0.39 is 5.54 Å². The minimum atomic E-state index is -0.925. The van der Waals surface area contributed by atoms with Crippen molar-refractivity contribution in [3.05, 3.63) is 65.0 Å².